The number of nitrogen functional groups attached to an aromatic ring is 1. The first-order chi connectivity index (χ1) is 9.25. The van der Waals surface area contributed by atoms with Gasteiger partial charge in [-0.25, -0.2) is 0 Å². The molecule has 0 heterocycles. The average molecular weight is 256 g/mol. The van der Waals surface area contributed by atoms with Crippen molar-refractivity contribution in [2.45, 2.75) is 25.8 Å². The van der Waals surface area contributed by atoms with Crippen LogP contribution in [0.2, 0.25) is 0 Å². The number of benzene rings is 1. The smallest absolute Gasteiger partial charge is 0.223 e. The quantitative estimate of drug-likeness (QED) is 0.814. The zero-order valence-corrected chi connectivity index (χ0v) is 11.0. The summed E-state index contributed by atoms with van der Waals surface area (Å²) in [4.78, 5) is 12.3. The predicted octanol–water partition coefficient (Wildman–Crippen LogP) is 2.18. The van der Waals surface area contributed by atoms with E-state index in [1.807, 2.05) is 24.3 Å². The minimum atomic E-state index is 0.259. The molecule has 0 radical (unpaired) electrons. The highest BCUT2D eigenvalue weighted by Gasteiger charge is 2.67. The molecule has 3 nitrogen and oxygen atoms in total. The van der Waals surface area contributed by atoms with Crippen LogP contribution < -0.4 is 11.1 Å². The van der Waals surface area contributed by atoms with Crippen molar-refractivity contribution in [1.29, 1.82) is 0 Å². The summed E-state index contributed by atoms with van der Waals surface area (Å²) in [6.45, 7) is 0.566. The number of carbonyl (C=O) groups is 1. The van der Waals surface area contributed by atoms with E-state index in [1.165, 1.54) is 19.3 Å². The molecule has 4 atom stereocenters. The standard InChI is InChI=1S/C16H20N2O/c17-12-4-2-1-3-11(12)8-18-16(19)15-13-9-5-6-10(7-9)14(13)15/h1-4,9-10,13-15H,5-8,17H2,(H,18,19). The third-order valence-electron chi connectivity index (χ3n) is 5.55. The van der Waals surface area contributed by atoms with Crippen molar-refractivity contribution in [2.75, 3.05) is 5.73 Å². The van der Waals surface area contributed by atoms with Gasteiger partial charge < -0.3 is 11.1 Å². The Balaban J connectivity index is 1.38. The van der Waals surface area contributed by atoms with Crippen molar-refractivity contribution in [2.24, 2.45) is 29.6 Å². The van der Waals surface area contributed by atoms with Crippen molar-refractivity contribution in [3.8, 4) is 0 Å². The SMILES string of the molecule is Nc1ccccc1CNC(=O)C1C2C3CCC(C3)C12. The maximum atomic E-state index is 12.3. The molecular formula is C16H20N2O. The van der Waals surface area contributed by atoms with Crippen molar-refractivity contribution < 1.29 is 4.79 Å². The van der Waals surface area contributed by atoms with Gasteiger partial charge in [0.1, 0.15) is 0 Å². The Bertz CT molecular complexity index is 511. The maximum Gasteiger partial charge on any atom is 0.223 e. The summed E-state index contributed by atoms with van der Waals surface area (Å²) in [6.07, 6.45) is 4.12. The van der Waals surface area contributed by atoms with Gasteiger partial charge in [-0.05, 0) is 54.6 Å². The van der Waals surface area contributed by atoms with Crippen LogP contribution in [0.4, 0.5) is 5.69 Å². The number of nitrogens with two attached hydrogens (primary N) is 1. The minimum Gasteiger partial charge on any atom is -0.398 e. The molecule has 2 bridgehead atoms. The first-order valence-electron chi connectivity index (χ1n) is 7.37. The Morgan fingerprint density at radius 3 is 2.58 bits per heavy atom. The van der Waals surface area contributed by atoms with E-state index >= 15 is 0 Å². The van der Waals surface area contributed by atoms with E-state index in [4.69, 9.17) is 5.73 Å². The normalized spacial score (nSPS) is 38.0. The molecule has 3 heteroatoms. The number of fused-ring (bicyclic) bond motifs is 5. The fourth-order valence-corrected chi connectivity index (χ4v) is 4.67. The number of hydrogen-bond acceptors (Lipinski definition) is 2. The second kappa shape index (κ2) is 3.99. The molecule has 3 fully saturated rings. The van der Waals surface area contributed by atoms with Crippen LogP contribution in [0.3, 0.4) is 0 Å². The van der Waals surface area contributed by atoms with Crippen molar-refractivity contribution in [3.05, 3.63) is 29.8 Å². The second-order valence-electron chi connectivity index (χ2n) is 6.43. The van der Waals surface area contributed by atoms with E-state index < -0.39 is 0 Å². The van der Waals surface area contributed by atoms with Gasteiger partial charge in [-0.3, -0.25) is 4.79 Å². The zero-order valence-electron chi connectivity index (χ0n) is 11.0. The number of carbonyl (C=O) groups excluding carboxylic acids is 1. The zero-order chi connectivity index (χ0) is 13.0. The van der Waals surface area contributed by atoms with Gasteiger partial charge in [0.15, 0.2) is 0 Å². The monoisotopic (exact) mass is 256 g/mol. The Hall–Kier alpha value is -1.51. The summed E-state index contributed by atoms with van der Waals surface area (Å²) in [5.74, 6) is 3.71. The highest BCUT2D eigenvalue weighted by Crippen LogP contribution is 2.69. The van der Waals surface area contributed by atoms with Crippen LogP contribution in [0.1, 0.15) is 24.8 Å². The van der Waals surface area contributed by atoms with Crippen molar-refractivity contribution in [3.63, 3.8) is 0 Å². The van der Waals surface area contributed by atoms with E-state index in [9.17, 15) is 4.79 Å². The Kier molecular flexibility index (Phi) is 2.38. The molecule has 3 N–H and O–H groups in total. The fraction of sp³-hybridized carbons (Fsp3) is 0.562. The van der Waals surface area contributed by atoms with E-state index in [-0.39, 0.29) is 5.91 Å². The minimum absolute atomic E-state index is 0.259. The number of amides is 1. The molecular weight excluding hydrogens is 236 g/mol. The molecule has 0 aliphatic heterocycles. The first-order valence-corrected chi connectivity index (χ1v) is 7.37. The van der Waals surface area contributed by atoms with Gasteiger partial charge in [0.05, 0.1) is 0 Å². The number of para-hydroxylation sites is 1. The molecule has 0 saturated heterocycles. The van der Waals surface area contributed by atoms with Gasteiger partial charge in [-0.15, -0.1) is 0 Å². The summed E-state index contributed by atoms with van der Waals surface area (Å²) in [5.41, 5.74) is 7.67. The first kappa shape index (κ1) is 11.3. The van der Waals surface area contributed by atoms with Crippen LogP contribution in [0.15, 0.2) is 24.3 Å². The summed E-state index contributed by atoms with van der Waals surface area (Å²) in [6, 6.07) is 7.74. The maximum absolute atomic E-state index is 12.3. The fourth-order valence-electron chi connectivity index (χ4n) is 4.67. The van der Waals surface area contributed by atoms with Crippen LogP contribution in [0.5, 0.6) is 0 Å². The Morgan fingerprint density at radius 2 is 1.89 bits per heavy atom. The van der Waals surface area contributed by atoms with Crippen LogP contribution in [0.25, 0.3) is 0 Å². The second-order valence-corrected chi connectivity index (χ2v) is 6.43. The third-order valence-corrected chi connectivity index (χ3v) is 5.55. The van der Waals surface area contributed by atoms with Gasteiger partial charge in [-0.1, -0.05) is 18.2 Å². The molecule has 4 rings (SSSR count). The highest BCUT2D eigenvalue weighted by atomic mass is 16.2. The topological polar surface area (TPSA) is 55.1 Å². The van der Waals surface area contributed by atoms with Crippen molar-refractivity contribution in [1.82, 2.24) is 5.32 Å². The summed E-state index contributed by atoms with van der Waals surface area (Å²) in [7, 11) is 0. The van der Waals surface area contributed by atoms with Crippen LogP contribution in [-0.4, -0.2) is 5.91 Å². The molecule has 0 spiro atoms. The number of rotatable bonds is 3. The Labute approximate surface area is 113 Å². The molecule has 100 valence electrons. The molecule has 19 heavy (non-hydrogen) atoms. The lowest BCUT2D eigenvalue weighted by molar-refractivity contribution is -0.123. The molecule has 3 aliphatic rings. The Morgan fingerprint density at radius 1 is 1.21 bits per heavy atom. The van der Waals surface area contributed by atoms with Gasteiger partial charge >= 0.3 is 0 Å². The molecule has 0 aromatic heterocycles. The molecule has 1 aromatic carbocycles. The van der Waals surface area contributed by atoms with E-state index in [2.05, 4.69) is 5.32 Å². The number of nitrogens with one attached hydrogen (secondary N) is 1. The summed E-state index contributed by atoms with van der Waals surface area (Å²) < 4.78 is 0. The third kappa shape index (κ3) is 1.67. The average Bonchev–Trinajstić information content (AvgIpc) is 2.86. The molecule has 3 saturated carbocycles. The van der Waals surface area contributed by atoms with E-state index in [0.29, 0.717) is 24.3 Å². The number of anilines is 1. The number of hydrogen-bond donors (Lipinski definition) is 2. The van der Waals surface area contributed by atoms with Gasteiger partial charge in [0, 0.05) is 18.2 Å². The summed E-state index contributed by atoms with van der Waals surface area (Å²) >= 11 is 0. The van der Waals surface area contributed by atoms with Crippen LogP contribution in [-0.2, 0) is 11.3 Å². The molecule has 1 aromatic rings. The lowest BCUT2D eigenvalue weighted by Crippen LogP contribution is -2.27. The van der Waals surface area contributed by atoms with E-state index in [1.54, 1.807) is 0 Å². The lowest BCUT2D eigenvalue weighted by Gasteiger charge is -2.10. The van der Waals surface area contributed by atoms with E-state index in [0.717, 1.165) is 23.1 Å². The summed E-state index contributed by atoms with van der Waals surface area (Å²) in [5, 5.41) is 3.08. The van der Waals surface area contributed by atoms with Gasteiger partial charge in [-0.2, -0.15) is 0 Å². The molecule has 3 aliphatic carbocycles. The highest BCUT2D eigenvalue weighted by molar-refractivity contribution is 5.82. The largest absolute Gasteiger partial charge is 0.398 e. The molecule has 1 amide bonds. The van der Waals surface area contributed by atoms with Gasteiger partial charge in [0.25, 0.3) is 0 Å². The van der Waals surface area contributed by atoms with Crippen molar-refractivity contribution >= 4 is 11.6 Å². The van der Waals surface area contributed by atoms with Crippen LogP contribution in [0, 0.1) is 29.6 Å². The lowest BCUT2D eigenvalue weighted by atomic mass is 10.0. The molecule has 4 unspecified atom stereocenters. The predicted molar refractivity (Wildman–Crippen MR) is 74.0 cm³/mol. The van der Waals surface area contributed by atoms with Crippen LogP contribution >= 0.6 is 0 Å². The van der Waals surface area contributed by atoms with Gasteiger partial charge in [0.2, 0.25) is 5.91 Å².